The van der Waals surface area contributed by atoms with Crippen molar-refractivity contribution in [2.24, 2.45) is 0 Å². The molecule has 2 rings (SSSR count). The lowest BCUT2D eigenvalue weighted by Crippen LogP contribution is -2.55. The summed E-state index contributed by atoms with van der Waals surface area (Å²) in [4.78, 5) is 14.0. The summed E-state index contributed by atoms with van der Waals surface area (Å²) in [5.74, 6) is 0. The number of rotatable bonds is 3. The monoisotopic (exact) mass is 302 g/mol. The van der Waals surface area contributed by atoms with Crippen molar-refractivity contribution in [1.29, 1.82) is 0 Å². The van der Waals surface area contributed by atoms with Gasteiger partial charge >= 0.3 is 0 Å². The predicted octanol–water partition coefficient (Wildman–Crippen LogP) is -0.465. The number of ether oxygens (including phenoxy) is 1. The molecular weight excluding hydrogens is 284 g/mol. The van der Waals surface area contributed by atoms with Gasteiger partial charge in [0.05, 0.1) is 18.3 Å². The molecule has 20 heavy (non-hydrogen) atoms. The van der Waals surface area contributed by atoms with Gasteiger partial charge in [0.15, 0.2) is 0 Å². The Balaban J connectivity index is 2.39. The number of aromatic nitrogens is 1. The summed E-state index contributed by atoms with van der Waals surface area (Å²) in [6.45, 7) is 3.36. The molecule has 1 atom stereocenters. The van der Waals surface area contributed by atoms with Crippen molar-refractivity contribution in [2.75, 3.05) is 19.7 Å². The number of hydrogen-bond donors (Lipinski definition) is 2. The minimum atomic E-state index is -3.91. The second-order valence-electron chi connectivity index (χ2n) is 5.35. The first-order valence-electron chi connectivity index (χ1n) is 6.22. The van der Waals surface area contributed by atoms with Crippen LogP contribution in [-0.4, -0.2) is 54.2 Å². The highest BCUT2D eigenvalue weighted by molar-refractivity contribution is 7.89. The summed E-state index contributed by atoms with van der Waals surface area (Å²) in [6.07, 6.45) is 1.95. The van der Waals surface area contributed by atoms with Gasteiger partial charge in [-0.3, -0.25) is 4.79 Å². The Bertz CT molecular complexity index is 637. The van der Waals surface area contributed by atoms with Crippen LogP contribution in [-0.2, 0) is 14.8 Å². The lowest BCUT2D eigenvalue weighted by atomic mass is 10.1. The number of aliphatic hydroxyl groups excluding tert-OH is 1. The average molecular weight is 302 g/mol. The molecule has 2 heterocycles. The molecule has 0 aliphatic carbocycles. The van der Waals surface area contributed by atoms with Crippen LogP contribution in [0.2, 0.25) is 0 Å². The number of H-pyrrole nitrogens is 1. The van der Waals surface area contributed by atoms with Crippen LogP contribution in [0.1, 0.15) is 13.8 Å². The summed E-state index contributed by atoms with van der Waals surface area (Å²) < 4.78 is 31.8. The van der Waals surface area contributed by atoms with Gasteiger partial charge in [0.1, 0.15) is 4.90 Å². The van der Waals surface area contributed by atoms with Crippen LogP contribution in [0.5, 0.6) is 0 Å². The quantitative estimate of drug-likeness (QED) is 0.787. The highest BCUT2D eigenvalue weighted by atomic mass is 32.2. The van der Waals surface area contributed by atoms with E-state index in [-0.39, 0.29) is 24.6 Å². The van der Waals surface area contributed by atoms with E-state index < -0.39 is 27.2 Å². The molecule has 0 bridgehead atoms. The second-order valence-corrected chi connectivity index (χ2v) is 7.26. The third kappa shape index (κ3) is 2.93. The van der Waals surface area contributed by atoms with Gasteiger partial charge in [-0.05, 0) is 13.8 Å². The number of aliphatic hydroxyl groups is 1. The first kappa shape index (κ1) is 15.2. The van der Waals surface area contributed by atoms with E-state index >= 15 is 0 Å². The number of hydrogen-bond acceptors (Lipinski definition) is 5. The van der Waals surface area contributed by atoms with E-state index in [9.17, 15) is 18.3 Å². The van der Waals surface area contributed by atoms with E-state index in [2.05, 4.69) is 4.98 Å². The fraction of sp³-hybridized carbons (Fsp3) is 0.583. The molecule has 1 aliphatic heterocycles. The topological polar surface area (TPSA) is 99.7 Å². The van der Waals surface area contributed by atoms with Crippen molar-refractivity contribution in [3.63, 3.8) is 0 Å². The van der Waals surface area contributed by atoms with Gasteiger partial charge in [-0.15, -0.1) is 0 Å². The predicted molar refractivity (Wildman–Crippen MR) is 71.9 cm³/mol. The van der Waals surface area contributed by atoms with E-state index in [1.165, 1.54) is 22.8 Å². The van der Waals surface area contributed by atoms with Crippen LogP contribution in [0.3, 0.4) is 0 Å². The number of morpholine rings is 1. The van der Waals surface area contributed by atoms with Crippen molar-refractivity contribution in [2.45, 2.75) is 30.4 Å². The van der Waals surface area contributed by atoms with Gasteiger partial charge in [-0.1, -0.05) is 0 Å². The molecule has 0 spiro atoms. The zero-order chi connectivity index (χ0) is 15.0. The second kappa shape index (κ2) is 5.28. The first-order chi connectivity index (χ1) is 9.26. The van der Waals surface area contributed by atoms with Gasteiger partial charge in [-0.2, -0.15) is 4.31 Å². The maximum atomic E-state index is 12.5. The van der Waals surface area contributed by atoms with Crippen molar-refractivity contribution in [3.05, 3.63) is 28.7 Å². The molecular formula is C12H18N2O5S. The molecule has 1 aliphatic rings. The zero-order valence-electron chi connectivity index (χ0n) is 11.4. The fourth-order valence-electron chi connectivity index (χ4n) is 2.26. The van der Waals surface area contributed by atoms with Gasteiger partial charge < -0.3 is 14.8 Å². The lowest BCUT2D eigenvalue weighted by molar-refractivity contribution is -0.131. The van der Waals surface area contributed by atoms with E-state index in [1.54, 1.807) is 13.8 Å². The van der Waals surface area contributed by atoms with E-state index in [4.69, 9.17) is 4.74 Å². The summed E-state index contributed by atoms with van der Waals surface area (Å²) in [5, 5.41) is 9.22. The van der Waals surface area contributed by atoms with Crippen molar-refractivity contribution in [1.82, 2.24) is 9.29 Å². The Hall–Kier alpha value is -1.22. The molecule has 1 unspecified atom stereocenters. The minimum absolute atomic E-state index is 0.0244. The molecule has 1 fully saturated rings. The van der Waals surface area contributed by atoms with Gasteiger partial charge in [0.25, 0.3) is 0 Å². The maximum absolute atomic E-state index is 12.5. The smallest absolute Gasteiger partial charge is 0.248 e. The molecule has 0 amide bonds. The standard InChI is InChI=1S/C12H18N2O5S/c1-12(2)8-14(6-9(7-15)19-12)20(17,18)11-5-13-4-3-10(11)16/h3-5,9,15H,6-8H2,1-2H3,(H,13,16). The molecule has 7 nitrogen and oxygen atoms in total. The lowest BCUT2D eigenvalue weighted by Gasteiger charge is -2.41. The largest absolute Gasteiger partial charge is 0.394 e. The van der Waals surface area contributed by atoms with Crippen LogP contribution in [0.4, 0.5) is 0 Å². The van der Waals surface area contributed by atoms with Crippen molar-refractivity contribution in [3.8, 4) is 0 Å². The Labute approximate surface area is 117 Å². The molecule has 2 N–H and O–H groups in total. The van der Waals surface area contributed by atoms with Gasteiger partial charge in [-0.25, -0.2) is 8.42 Å². The van der Waals surface area contributed by atoms with Crippen LogP contribution in [0.15, 0.2) is 28.2 Å². The molecule has 1 saturated heterocycles. The number of aromatic amines is 1. The highest BCUT2D eigenvalue weighted by Gasteiger charge is 2.39. The van der Waals surface area contributed by atoms with Crippen LogP contribution >= 0.6 is 0 Å². The highest BCUT2D eigenvalue weighted by Crippen LogP contribution is 2.25. The molecule has 0 aromatic carbocycles. The first-order valence-corrected chi connectivity index (χ1v) is 7.66. The number of sulfonamides is 1. The third-order valence-corrected chi connectivity index (χ3v) is 4.89. The van der Waals surface area contributed by atoms with Crippen LogP contribution in [0.25, 0.3) is 0 Å². The molecule has 1 aromatic heterocycles. The molecule has 1 aromatic rings. The molecule has 112 valence electrons. The average Bonchev–Trinajstić information content (AvgIpc) is 2.37. The number of pyridine rings is 1. The number of nitrogens with zero attached hydrogens (tertiary/aromatic N) is 1. The maximum Gasteiger partial charge on any atom is 0.248 e. The Morgan fingerprint density at radius 3 is 2.85 bits per heavy atom. The van der Waals surface area contributed by atoms with Crippen molar-refractivity contribution >= 4 is 10.0 Å². The Morgan fingerprint density at radius 2 is 2.25 bits per heavy atom. The van der Waals surface area contributed by atoms with Crippen LogP contribution < -0.4 is 5.43 Å². The van der Waals surface area contributed by atoms with E-state index in [0.29, 0.717) is 0 Å². The van der Waals surface area contributed by atoms with Crippen LogP contribution in [0, 0.1) is 0 Å². The van der Waals surface area contributed by atoms with Gasteiger partial charge in [0, 0.05) is 31.5 Å². The zero-order valence-corrected chi connectivity index (χ0v) is 12.2. The Morgan fingerprint density at radius 1 is 1.55 bits per heavy atom. The normalized spacial score (nSPS) is 23.6. The number of nitrogens with one attached hydrogen (secondary N) is 1. The summed E-state index contributed by atoms with van der Waals surface area (Å²) in [5.41, 5.74) is -1.28. The molecule has 8 heteroatoms. The fourth-order valence-corrected chi connectivity index (χ4v) is 3.92. The summed E-state index contributed by atoms with van der Waals surface area (Å²) in [6, 6.07) is 1.17. The van der Waals surface area contributed by atoms with Crippen molar-refractivity contribution < 1.29 is 18.3 Å². The van der Waals surface area contributed by atoms with E-state index in [1.807, 2.05) is 0 Å². The minimum Gasteiger partial charge on any atom is -0.394 e. The Kier molecular flexibility index (Phi) is 4.01. The van der Waals surface area contributed by atoms with E-state index in [0.717, 1.165) is 0 Å². The molecule has 0 saturated carbocycles. The molecule has 0 radical (unpaired) electrons. The van der Waals surface area contributed by atoms with Gasteiger partial charge in [0.2, 0.25) is 15.5 Å². The third-order valence-electron chi connectivity index (χ3n) is 3.06. The summed E-state index contributed by atoms with van der Waals surface area (Å²) >= 11 is 0. The SMILES string of the molecule is CC1(C)CN(S(=O)(=O)c2c[nH]ccc2=O)CC(CO)O1. The summed E-state index contributed by atoms with van der Waals surface area (Å²) in [7, 11) is -3.91.